The summed E-state index contributed by atoms with van der Waals surface area (Å²) in [6.45, 7) is 5.94. The van der Waals surface area contributed by atoms with Crippen molar-refractivity contribution in [1.29, 1.82) is 4.78 Å². The molecule has 9 nitrogen and oxygen atoms in total. The highest BCUT2D eigenvalue weighted by Gasteiger charge is 2.26. The van der Waals surface area contributed by atoms with Crippen molar-refractivity contribution in [3.8, 4) is 11.4 Å². The Morgan fingerprint density at radius 1 is 1.40 bits per heavy atom. The summed E-state index contributed by atoms with van der Waals surface area (Å²) in [6, 6.07) is 7.71. The van der Waals surface area contributed by atoms with Gasteiger partial charge in [0, 0.05) is 34.2 Å². The number of ether oxygens (including phenoxy) is 1. The van der Waals surface area contributed by atoms with E-state index >= 15 is 0 Å². The first-order valence-corrected chi connectivity index (χ1v) is 12.0. The van der Waals surface area contributed by atoms with Crippen LogP contribution >= 0.6 is 0 Å². The van der Waals surface area contributed by atoms with E-state index in [-0.39, 0.29) is 6.04 Å². The van der Waals surface area contributed by atoms with Gasteiger partial charge in [0.25, 0.3) is 0 Å². The molecule has 0 bridgehead atoms. The highest BCUT2D eigenvalue weighted by atomic mass is 32.2. The molecule has 1 unspecified atom stereocenters. The molecule has 1 aliphatic heterocycles. The van der Waals surface area contributed by atoms with Crippen LogP contribution in [0, 0.1) is 4.78 Å². The van der Waals surface area contributed by atoms with E-state index in [1.807, 2.05) is 31.2 Å². The number of benzene rings is 1. The Bertz CT molecular complexity index is 1180. The molecule has 0 spiro atoms. The Balaban J connectivity index is 1.93. The third-order valence-corrected chi connectivity index (χ3v) is 7.07. The number of nitrogen functional groups attached to an aromatic ring is 1. The van der Waals surface area contributed by atoms with Crippen LogP contribution in [0.1, 0.15) is 31.2 Å². The molecule has 3 aromatic rings. The second-order valence-electron chi connectivity index (χ2n) is 7.72. The Labute approximate surface area is 176 Å². The summed E-state index contributed by atoms with van der Waals surface area (Å²) in [4.78, 5) is 19.2. The summed E-state index contributed by atoms with van der Waals surface area (Å²) in [5.74, 6) is 1.55. The predicted molar refractivity (Wildman–Crippen MR) is 119 cm³/mol. The molecule has 0 saturated carbocycles. The number of hydrogen-bond donors (Lipinski definition) is 3. The number of imidazole rings is 1. The van der Waals surface area contributed by atoms with Gasteiger partial charge in [-0.2, -0.15) is 0 Å². The van der Waals surface area contributed by atoms with Crippen LogP contribution in [0.25, 0.3) is 22.4 Å². The molecule has 4 N–H and O–H groups in total. The summed E-state index contributed by atoms with van der Waals surface area (Å²) < 4.78 is 26.4. The number of nitrogens with zero attached hydrogens (tertiary/aromatic N) is 4. The lowest BCUT2D eigenvalue weighted by molar-refractivity contribution is 0.0985. The Kier molecular flexibility index (Phi) is 5.37. The van der Waals surface area contributed by atoms with Gasteiger partial charge in [-0.1, -0.05) is 13.0 Å². The van der Waals surface area contributed by atoms with Crippen LogP contribution < -0.4 is 10.6 Å². The second kappa shape index (κ2) is 7.84. The molecule has 4 rings (SSSR count). The molecule has 2 aromatic heterocycles. The lowest BCUT2D eigenvalue weighted by atomic mass is 10.1. The number of aromatic nitrogens is 4. The highest BCUT2D eigenvalue weighted by molar-refractivity contribution is 7.91. The number of nitrogens with two attached hydrogens (primary N) is 1. The van der Waals surface area contributed by atoms with E-state index in [9.17, 15) is 4.21 Å². The molecule has 1 aliphatic rings. The van der Waals surface area contributed by atoms with Gasteiger partial charge in [0.05, 0.1) is 35.7 Å². The number of para-hydroxylation sites is 1. The molecule has 3 atom stereocenters. The molecular weight excluding hydrogens is 402 g/mol. The van der Waals surface area contributed by atoms with Crippen molar-refractivity contribution in [2.45, 2.75) is 31.6 Å². The van der Waals surface area contributed by atoms with Gasteiger partial charge in [-0.05, 0) is 25.5 Å². The lowest BCUT2D eigenvalue weighted by Gasteiger charge is -2.34. The van der Waals surface area contributed by atoms with Gasteiger partial charge in [-0.3, -0.25) is 4.78 Å². The number of aromatic amines is 1. The van der Waals surface area contributed by atoms with E-state index in [2.05, 4.69) is 21.8 Å². The lowest BCUT2D eigenvalue weighted by Crippen LogP contribution is -2.44. The Morgan fingerprint density at radius 2 is 2.20 bits per heavy atom. The fraction of sp³-hybridized carbons (Fsp3) is 0.450. The third-order valence-electron chi connectivity index (χ3n) is 5.41. The van der Waals surface area contributed by atoms with Crippen molar-refractivity contribution >= 4 is 32.5 Å². The number of hydrogen-bond acceptors (Lipinski definition) is 8. The highest BCUT2D eigenvalue weighted by Crippen LogP contribution is 2.32. The number of morpholine rings is 1. The fourth-order valence-corrected chi connectivity index (χ4v) is 5.16. The first kappa shape index (κ1) is 20.5. The fourth-order valence-electron chi connectivity index (χ4n) is 3.94. The van der Waals surface area contributed by atoms with E-state index in [0.717, 1.165) is 16.9 Å². The zero-order chi connectivity index (χ0) is 21.5. The summed E-state index contributed by atoms with van der Waals surface area (Å²) in [6.07, 6.45) is 2.02. The number of anilines is 2. The van der Waals surface area contributed by atoms with Gasteiger partial charge >= 0.3 is 0 Å². The summed E-state index contributed by atoms with van der Waals surface area (Å²) in [5.41, 5.74) is 8.70. The number of nitrogens with one attached hydrogen (secondary N) is 2. The topological polar surface area (TPSA) is 134 Å². The standard InChI is InChI=1S/C20H27N7O2S/c1-4-16(30(3,22)28)15-10-17(27-8-9-29-11-12(27)2)25-19(23-15)13-6-5-7-14-18(13)26-20(21)24-14/h5-7,10,12,16,22H,4,8-9,11H2,1-3H3,(H3,21,24,26)/t12-,16?,30+/m1/s1. The molecular formula is C20H27N7O2S. The van der Waals surface area contributed by atoms with E-state index < -0.39 is 15.0 Å². The second-order valence-corrected chi connectivity index (χ2v) is 10.1. The van der Waals surface area contributed by atoms with Crippen molar-refractivity contribution < 1.29 is 8.95 Å². The quantitative estimate of drug-likeness (QED) is 0.567. The Hall–Kier alpha value is -2.72. The zero-order valence-corrected chi connectivity index (χ0v) is 18.2. The molecule has 10 heteroatoms. The van der Waals surface area contributed by atoms with Crippen LogP contribution in [-0.4, -0.2) is 56.2 Å². The summed E-state index contributed by atoms with van der Waals surface area (Å²) >= 11 is 0. The van der Waals surface area contributed by atoms with Crippen molar-refractivity contribution in [2.75, 3.05) is 36.6 Å². The molecule has 0 radical (unpaired) electrons. The van der Waals surface area contributed by atoms with E-state index in [1.54, 1.807) is 0 Å². The molecule has 160 valence electrons. The smallest absolute Gasteiger partial charge is 0.198 e. The minimum Gasteiger partial charge on any atom is -0.377 e. The van der Waals surface area contributed by atoms with Crippen molar-refractivity contribution in [2.24, 2.45) is 0 Å². The number of fused-ring (bicyclic) bond motifs is 1. The third kappa shape index (κ3) is 3.84. The predicted octanol–water partition coefficient (Wildman–Crippen LogP) is 2.95. The van der Waals surface area contributed by atoms with Crippen molar-refractivity contribution in [1.82, 2.24) is 19.9 Å². The molecule has 0 aliphatic carbocycles. The van der Waals surface area contributed by atoms with Gasteiger partial charge < -0.3 is 20.4 Å². The number of rotatable bonds is 5. The van der Waals surface area contributed by atoms with Crippen LogP contribution in [-0.2, 0) is 14.5 Å². The van der Waals surface area contributed by atoms with Gasteiger partial charge in [0.2, 0.25) is 0 Å². The maximum Gasteiger partial charge on any atom is 0.198 e. The molecule has 1 saturated heterocycles. The maximum absolute atomic E-state index is 12.7. The monoisotopic (exact) mass is 429 g/mol. The van der Waals surface area contributed by atoms with Crippen LogP contribution in [0.15, 0.2) is 24.3 Å². The van der Waals surface area contributed by atoms with Gasteiger partial charge in [0.15, 0.2) is 11.8 Å². The van der Waals surface area contributed by atoms with E-state index in [4.69, 9.17) is 25.2 Å². The average Bonchev–Trinajstić information content (AvgIpc) is 3.07. The SMILES string of the molecule is CCC(c1cc(N2CCOC[C@H]2C)nc(-c2cccc3[nH]c(N)nc23)n1)[S@@](C)(=N)=O. The van der Waals surface area contributed by atoms with Gasteiger partial charge in [-0.25, -0.2) is 19.2 Å². The van der Waals surface area contributed by atoms with E-state index in [1.165, 1.54) is 6.26 Å². The maximum atomic E-state index is 12.7. The summed E-state index contributed by atoms with van der Waals surface area (Å²) in [5, 5.41) is -0.488. The minimum atomic E-state index is -2.84. The van der Waals surface area contributed by atoms with E-state index in [0.29, 0.717) is 49.2 Å². The molecule has 30 heavy (non-hydrogen) atoms. The summed E-state index contributed by atoms with van der Waals surface area (Å²) in [7, 11) is -2.84. The van der Waals surface area contributed by atoms with Crippen molar-refractivity contribution in [3.63, 3.8) is 0 Å². The normalized spacial score (nSPS) is 20.2. The zero-order valence-electron chi connectivity index (χ0n) is 17.4. The first-order chi connectivity index (χ1) is 14.3. The average molecular weight is 430 g/mol. The number of H-pyrrole nitrogens is 1. The largest absolute Gasteiger partial charge is 0.377 e. The molecule has 0 amide bonds. The van der Waals surface area contributed by atoms with Crippen LogP contribution in [0.5, 0.6) is 0 Å². The molecule has 1 fully saturated rings. The minimum absolute atomic E-state index is 0.147. The van der Waals surface area contributed by atoms with Crippen LogP contribution in [0.3, 0.4) is 0 Å². The molecule has 3 heterocycles. The Morgan fingerprint density at radius 3 is 2.90 bits per heavy atom. The van der Waals surface area contributed by atoms with Gasteiger partial charge in [0.1, 0.15) is 11.3 Å². The first-order valence-electron chi connectivity index (χ1n) is 9.98. The van der Waals surface area contributed by atoms with Crippen molar-refractivity contribution in [3.05, 3.63) is 30.0 Å². The van der Waals surface area contributed by atoms with Gasteiger partial charge in [-0.15, -0.1) is 0 Å². The van der Waals surface area contributed by atoms with Crippen LogP contribution in [0.4, 0.5) is 11.8 Å². The van der Waals surface area contributed by atoms with Crippen LogP contribution in [0.2, 0.25) is 0 Å². The molecule has 1 aromatic carbocycles.